The maximum Gasteiger partial charge on any atom is 0.269 e. The summed E-state index contributed by atoms with van der Waals surface area (Å²) in [5, 5.41) is 15.8. The third kappa shape index (κ3) is 4.26. The molecule has 2 heterocycles. The number of nitro groups is 1. The highest BCUT2D eigenvalue weighted by atomic mass is 35.5. The van der Waals surface area contributed by atoms with Gasteiger partial charge in [0.05, 0.1) is 23.7 Å². The summed E-state index contributed by atoms with van der Waals surface area (Å²) >= 11 is 6.24. The van der Waals surface area contributed by atoms with Gasteiger partial charge in [0.15, 0.2) is 0 Å². The SMILES string of the molecule is CC(Nc1cc(Cl)nc2ccc(N3CCOCC3)cc12)c1ccc([N+](=O)[O-])cc1. The molecule has 0 saturated carbocycles. The van der Waals surface area contributed by atoms with Gasteiger partial charge in [-0.05, 0) is 36.8 Å². The van der Waals surface area contributed by atoms with E-state index in [9.17, 15) is 10.1 Å². The number of morpholine rings is 1. The quantitative estimate of drug-likeness (QED) is 0.368. The van der Waals surface area contributed by atoms with Gasteiger partial charge < -0.3 is 15.0 Å². The third-order valence-electron chi connectivity index (χ3n) is 5.11. The number of non-ortho nitro benzene ring substituents is 1. The number of anilines is 2. The number of nitro benzene ring substituents is 1. The molecule has 1 saturated heterocycles. The molecule has 29 heavy (non-hydrogen) atoms. The zero-order valence-electron chi connectivity index (χ0n) is 16.0. The van der Waals surface area contributed by atoms with Crippen LogP contribution in [0, 0.1) is 10.1 Å². The van der Waals surface area contributed by atoms with Crippen molar-refractivity contribution in [1.82, 2.24) is 4.98 Å². The van der Waals surface area contributed by atoms with Gasteiger partial charge in [-0.1, -0.05) is 23.7 Å². The molecule has 1 unspecified atom stereocenters. The molecule has 7 nitrogen and oxygen atoms in total. The van der Waals surface area contributed by atoms with E-state index in [1.165, 1.54) is 12.1 Å². The van der Waals surface area contributed by atoms with Crippen LogP contribution in [0.15, 0.2) is 48.5 Å². The highest BCUT2D eigenvalue weighted by Gasteiger charge is 2.15. The fraction of sp³-hybridized carbons (Fsp3) is 0.286. The van der Waals surface area contributed by atoms with Crippen molar-refractivity contribution >= 4 is 39.6 Å². The number of aromatic nitrogens is 1. The lowest BCUT2D eigenvalue weighted by Crippen LogP contribution is -2.36. The lowest BCUT2D eigenvalue weighted by atomic mass is 10.1. The Hall–Kier alpha value is -2.90. The zero-order chi connectivity index (χ0) is 20.4. The van der Waals surface area contributed by atoms with Crippen LogP contribution in [-0.2, 0) is 4.74 Å². The molecule has 0 radical (unpaired) electrons. The fourth-order valence-electron chi connectivity index (χ4n) is 3.52. The Morgan fingerprint density at radius 1 is 1.17 bits per heavy atom. The molecule has 1 aliphatic rings. The highest BCUT2D eigenvalue weighted by Crippen LogP contribution is 2.32. The van der Waals surface area contributed by atoms with E-state index in [-0.39, 0.29) is 11.7 Å². The Kier molecular flexibility index (Phi) is 5.51. The standard InChI is InChI=1S/C21H21ClN4O3/c1-14(15-2-4-16(5-3-15)26(27)28)23-20-13-21(22)24-19-7-6-17(12-18(19)20)25-8-10-29-11-9-25/h2-7,12-14H,8-11H2,1H3,(H,23,24). The Morgan fingerprint density at radius 2 is 1.90 bits per heavy atom. The lowest BCUT2D eigenvalue weighted by molar-refractivity contribution is -0.384. The van der Waals surface area contributed by atoms with Crippen LogP contribution in [-0.4, -0.2) is 36.2 Å². The molecule has 1 aromatic heterocycles. The highest BCUT2D eigenvalue weighted by molar-refractivity contribution is 6.30. The summed E-state index contributed by atoms with van der Waals surface area (Å²) in [5.41, 5.74) is 3.83. The number of nitrogens with one attached hydrogen (secondary N) is 1. The second-order valence-electron chi connectivity index (χ2n) is 7.01. The number of rotatable bonds is 5. The van der Waals surface area contributed by atoms with Crippen molar-refractivity contribution in [2.75, 3.05) is 36.5 Å². The minimum absolute atomic E-state index is 0.0653. The summed E-state index contributed by atoms with van der Waals surface area (Å²) in [7, 11) is 0. The molecule has 2 aromatic carbocycles. The van der Waals surface area contributed by atoms with Crippen LogP contribution in [0.1, 0.15) is 18.5 Å². The summed E-state index contributed by atoms with van der Waals surface area (Å²) in [5.74, 6) is 0. The Balaban J connectivity index is 1.65. The average molecular weight is 413 g/mol. The number of fused-ring (bicyclic) bond motifs is 1. The first-order valence-corrected chi connectivity index (χ1v) is 9.83. The van der Waals surface area contributed by atoms with E-state index >= 15 is 0 Å². The maximum absolute atomic E-state index is 10.9. The topological polar surface area (TPSA) is 80.5 Å². The first-order chi connectivity index (χ1) is 14.0. The fourth-order valence-corrected chi connectivity index (χ4v) is 3.72. The molecule has 0 aliphatic carbocycles. The largest absolute Gasteiger partial charge is 0.378 e. The summed E-state index contributed by atoms with van der Waals surface area (Å²) in [4.78, 5) is 17.2. The number of benzene rings is 2. The second kappa shape index (κ2) is 8.23. The van der Waals surface area contributed by atoms with Gasteiger partial charge in [-0.25, -0.2) is 4.98 Å². The monoisotopic (exact) mass is 412 g/mol. The van der Waals surface area contributed by atoms with E-state index in [0.717, 1.165) is 54.1 Å². The first kappa shape index (κ1) is 19.4. The molecule has 0 amide bonds. The predicted octanol–water partition coefficient (Wildman–Crippen LogP) is 4.81. The van der Waals surface area contributed by atoms with Crippen LogP contribution >= 0.6 is 11.6 Å². The summed E-state index contributed by atoms with van der Waals surface area (Å²) in [6, 6.07) is 14.5. The van der Waals surface area contributed by atoms with Crippen LogP contribution < -0.4 is 10.2 Å². The third-order valence-corrected chi connectivity index (χ3v) is 5.31. The van der Waals surface area contributed by atoms with E-state index in [1.54, 1.807) is 12.1 Å². The minimum atomic E-state index is -0.398. The molecule has 0 bridgehead atoms. The number of pyridine rings is 1. The minimum Gasteiger partial charge on any atom is -0.378 e. The van der Waals surface area contributed by atoms with Crippen molar-refractivity contribution in [3.63, 3.8) is 0 Å². The van der Waals surface area contributed by atoms with E-state index in [2.05, 4.69) is 27.3 Å². The molecule has 150 valence electrons. The lowest BCUT2D eigenvalue weighted by Gasteiger charge is -2.29. The average Bonchev–Trinajstić information content (AvgIpc) is 2.74. The van der Waals surface area contributed by atoms with Gasteiger partial charge in [0.1, 0.15) is 5.15 Å². The Morgan fingerprint density at radius 3 is 2.59 bits per heavy atom. The van der Waals surface area contributed by atoms with Crippen LogP contribution in [0.25, 0.3) is 10.9 Å². The molecule has 8 heteroatoms. The smallest absolute Gasteiger partial charge is 0.269 e. The van der Waals surface area contributed by atoms with E-state index in [1.807, 2.05) is 19.1 Å². The number of nitrogens with zero attached hydrogens (tertiary/aromatic N) is 3. The normalized spacial score (nSPS) is 15.3. The number of hydrogen-bond donors (Lipinski definition) is 1. The van der Waals surface area contributed by atoms with Crippen molar-refractivity contribution in [1.29, 1.82) is 0 Å². The van der Waals surface area contributed by atoms with E-state index in [0.29, 0.717) is 5.15 Å². The van der Waals surface area contributed by atoms with Crippen molar-refractivity contribution in [2.45, 2.75) is 13.0 Å². The second-order valence-corrected chi connectivity index (χ2v) is 7.40. The molecule has 1 fully saturated rings. The van der Waals surface area contributed by atoms with Crippen LogP contribution in [0.4, 0.5) is 17.1 Å². The van der Waals surface area contributed by atoms with Gasteiger partial charge in [-0.2, -0.15) is 0 Å². The predicted molar refractivity (Wildman–Crippen MR) is 115 cm³/mol. The van der Waals surface area contributed by atoms with Crippen LogP contribution in [0.3, 0.4) is 0 Å². The molecule has 1 aliphatic heterocycles. The molecule has 3 aromatic rings. The summed E-state index contributed by atoms with van der Waals surface area (Å²) < 4.78 is 5.45. The molecular formula is C21H21ClN4O3. The molecule has 0 spiro atoms. The van der Waals surface area contributed by atoms with Gasteiger partial charge in [-0.15, -0.1) is 0 Å². The zero-order valence-corrected chi connectivity index (χ0v) is 16.7. The van der Waals surface area contributed by atoms with Gasteiger partial charge >= 0.3 is 0 Å². The molecule has 1 atom stereocenters. The molecule has 4 rings (SSSR count). The van der Waals surface area contributed by atoms with Gasteiger partial charge in [0.2, 0.25) is 0 Å². The van der Waals surface area contributed by atoms with Crippen molar-refractivity contribution < 1.29 is 9.66 Å². The summed E-state index contributed by atoms with van der Waals surface area (Å²) in [6.45, 7) is 5.16. The number of halogens is 1. The van der Waals surface area contributed by atoms with Crippen molar-refractivity contribution in [3.8, 4) is 0 Å². The Bertz CT molecular complexity index is 1040. The molecule has 1 N–H and O–H groups in total. The van der Waals surface area contributed by atoms with Crippen LogP contribution in [0.5, 0.6) is 0 Å². The first-order valence-electron chi connectivity index (χ1n) is 9.45. The van der Waals surface area contributed by atoms with Gasteiger partial charge in [-0.3, -0.25) is 10.1 Å². The van der Waals surface area contributed by atoms with Crippen molar-refractivity contribution in [3.05, 3.63) is 69.4 Å². The van der Waals surface area contributed by atoms with E-state index < -0.39 is 4.92 Å². The Labute approximate surface area is 173 Å². The van der Waals surface area contributed by atoms with Gasteiger partial charge in [0, 0.05) is 48.0 Å². The number of ether oxygens (including phenoxy) is 1. The van der Waals surface area contributed by atoms with Gasteiger partial charge in [0.25, 0.3) is 5.69 Å². The molecular weight excluding hydrogens is 392 g/mol. The number of hydrogen-bond acceptors (Lipinski definition) is 6. The van der Waals surface area contributed by atoms with Crippen molar-refractivity contribution in [2.24, 2.45) is 0 Å². The maximum atomic E-state index is 10.9. The van der Waals surface area contributed by atoms with E-state index in [4.69, 9.17) is 16.3 Å². The van der Waals surface area contributed by atoms with Crippen LogP contribution in [0.2, 0.25) is 5.15 Å². The summed E-state index contributed by atoms with van der Waals surface area (Å²) in [6.07, 6.45) is 0.